The molecule has 0 aliphatic carbocycles. The third kappa shape index (κ3) is 4.33. The van der Waals surface area contributed by atoms with Crippen molar-refractivity contribution in [2.24, 2.45) is 5.92 Å². The number of amides is 1. The van der Waals surface area contributed by atoms with Crippen LogP contribution in [0.4, 0.5) is 0 Å². The van der Waals surface area contributed by atoms with Crippen molar-refractivity contribution in [3.63, 3.8) is 0 Å². The van der Waals surface area contributed by atoms with E-state index in [-0.39, 0.29) is 24.4 Å². The smallest absolute Gasteiger partial charge is 0.252 e. The van der Waals surface area contributed by atoms with E-state index in [1.807, 2.05) is 42.0 Å². The Kier molecular flexibility index (Phi) is 6.03. The van der Waals surface area contributed by atoms with E-state index in [1.54, 1.807) is 30.0 Å². The van der Waals surface area contributed by atoms with E-state index in [2.05, 4.69) is 10.3 Å². The van der Waals surface area contributed by atoms with Gasteiger partial charge in [0.1, 0.15) is 4.21 Å². The van der Waals surface area contributed by atoms with Crippen molar-refractivity contribution in [3.8, 4) is 5.69 Å². The third-order valence-corrected chi connectivity index (χ3v) is 8.64. The van der Waals surface area contributed by atoms with Crippen LogP contribution in [0.2, 0.25) is 0 Å². The molecule has 0 bridgehead atoms. The number of nitrogens with zero attached hydrogens (tertiary/aromatic N) is 3. The number of imidazole rings is 1. The molecule has 1 saturated heterocycles. The van der Waals surface area contributed by atoms with Crippen LogP contribution in [0.5, 0.6) is 0 Å². The number of carbonyl (C=O) groups is 1. The molecule has 3 aromatic rings. The first-order chi connectivity index (χ1) is 14.4. The molecule has 3 heterocycles. The fraction of sp³-hybridized carbons (Fsp3) is 0.333. The van der Waals surface area contributed by atoms with Gasteiger partial charge < -0.3 is 9.88 Å². The van der Waals surface area contributed by atoms with Gasteiger partial charge in [0.25, 0.3) is 10.0 Å². The summed E-state index contributed by atoms with van der Waals surface area (Å²) in [5, 5.41) is 4.80. The third-order valence-electron chi connectivity index (χ3n) is 5.40. The molecule has 0 spiro atoms. The average molecular weight is 445 g/mol. The van der Waals surface area contributed by atoms with Crippen LogP contribution in [0.15, 0.2) is 64.7 Å². The van der Waals surface area contributed by atoms with Crippen LogP contribution in [0, 0.1) is 5.92 Å². The summed E-state index contributed by atoms with van der Waals surface area (Å²) in [4.78, 5) is 16.9. The monoisotopic (exact) mass is 444 g/mol. The van der Waals surface area contributed by atoms with Crippen molar-refractivity contribution in [1.82, 2.24) is 19.2 Å². The number of benzene rings is 1. The van der Waals surface area contributed by atoms with Gasteiger partial charge in [-0.25, -0.2) is 13.4 Å². The summed E-state index contributed by atoms with van der Waals surface area (Å²) < 4.78 is 29.3. The summed E-state index contributed by atoms with van der Waals surface area (Å²) in [6.45, 7) is 2.61. The Hall–Kier alpha value is -2.49. The number of rotatable bonds is 6. The Balaban J connectivity index is 1.39. The van der Waals surface area contributed by atoms with E-state index in [1.165, 1.54) is 15.6 Å². The molecule has 0 saturated carbocycles. The summed E-state index contributed by atoms with van der Waals surface area (Å²) in [6, 6.07) is 11.1. The van der Waals surface area contributed by atoms with Crippen molar-refractivity contribution >= 4 is 27.3 Å². The van der Waals surface area contributed by atoms with Gasteiger partial charge in [-0.05, 0) is 48.9 Å². The minimum Gasteiger partial charge on any atom is -0.349 e. The van der Waals surface area contributed by atoms with Gasteiger partial charge in [0.2, 0.25) is 5.91 Å². The number of piperidine rings is 1. The lowest BCUT2D eigenvalue weighted by atomic mass is 9.98. The number of aromatic nitrogens is 2. The fourth-order valence-electron chi connectivity index (χ4n) is 3.67. The van der Waals surface area contributed by atoms with Gasteiger partial charge in [-0.1, -0.05) is 18.2 Å². The second-order valence-electron chi connectivity index (χ2n) is 7.43. The number of hydrogen-bond acceptors (Lipinski definition) is 5. The van der Waals surface area contributed by atoms with E-state index in [4.69, 9.17) is 0 Å². The molecular formula is C21H24N4O3S2. The van der Waals surface area contributed by atoms with Crippen molar-refractivity contribution in [2.75, 3.05) is 13.1 Å². The standard InChI is InChI=1S/C21H24N4O3S2/c1-16(17-6-8-19(9-7-17)24-12-10-22-15-24)23-21(26)18-4-2-11-25(14-18)30(27,28)20-5-3-13-29-20/h3,5-10,12-13,15-16,18H,2,4,11,14H2,1H3,(H,23,26)/t16-,18-/m1/s1. The van der Waals surface area contributed by atoms with E-state index < -0.39 is 10.0 Å². The number of nitrogens with one attached hydrogen (secondary N) is 1. The maximum atomic E-state index is 12.9. The van der Waals surface area contributed by atoms with Crippen LogP contribution < -0.4 is 5.32 Å². The first-order valence-corrected chi connectivity index (χ1v) is 12.2. The average Bonchev–Trinajstić information content (AvgIpc) is 3.48. The molecule has 1 amide bonds. The summed E-state index contributed by atoms with van der Waals surface area (Å²) in [7, 11) is -3.53. The molecule has 1 aliphatic rings. The SMILES string of the molecule is C[C@@H](NC(=O)[C@@H]1CCCN(S(=O)(=O)c2cccs2)C1)c1ccc(-n2ccnc2)cc1. The zero-order valence-corrected chi connectivity index (χ0v) is 18.3. The van der Waals surface area contributed by atoms with Crippen molar-refractivity contribution in [2.45, 2.75) is 30.0 Å². The Morgan fingerprint density at radius 1 is 1.27 bits per heavy atom. The summed E-state index contributed by atoms with van der Waals surface area (Å²) in [5.74, 6) is -0.451. The number of hydrogen-bond donors (Lipinski definition) is 1. The maximum Gasteiger partial charge on any atom is 0.252 e. The molecular weight excluding hydrogens is 420 g/mol. The Bertz CT molecular complexity index is 1080. The van der Waals surface area contributed by atoms with Crippen molar-refractivity contribution in [3.05, 3.63) is 66.1 Å². The molecule has 4 rings (SSSR count). The summed E-state index contributed by atoms with van der Waals surface area (Å²) >= 11 is 1.21. The van der Waals surface area contributed by atoms with Crippen molar-refractivity contribution < 1.29 is 13.2 Å². The highest BCUT2D eigenvalue weighted by molar-refractivity contribution is 7.91. The summed E-state index contributed by atoms with van der Waals surface area (Å²) in [6.07, 6.45) is 6.70. The molecule has 0 unspecified atom stereocenters. The van der Waals surface area contributed by atoms with Gasteiger partial charge in [0, 0.05) is 31.2 Å². The molecule has 2 aromatic heterocycles. The number of thiophene rings is 1. The number of carbonyl (C=O) groups excluding carboxylic acids is 1. The molecule has 1 aromatic carbocycles. The highest BCUT2D eigenvalue weighted by atomic mass is 32.2. The molecule has 30 heavy (non-hydrogen) atoms. The van der Waals surface area contributed by atoms with E-state index in [9.17, 15) is 13.2 Å². The van der Waals surface area contributed by atoms with Gasteiger partial charge in [0.05, 0.1) is 18.3 Å². The molecule has 7 nitrogen and oxygen atoms in total. The lowest BCUT2D eigenvalue weighted by Crippen LogP contribution is -2.45. The second kappa shape index (κ2) is 8.71. The van der Waals surface area contributed by atoms with E-state index in [0.717, 1.165) is 11.3 Å². The maximum absolute atomic E-state index is 12.9. The molecule has 1 fully saturated rings. The minimum atomic E-state index is -3.53. The first kappa shape index (κ1) is 20.8. The highest BCUT2D eigenvalue weighted by Crippen LogP contribution is 2.27. The van der Waals surface area contributed by atoms with Gasteiger partial charge >= 0.3 is 0 Å². The predicted octanol–water partition coefficient (Wildman–Crippen LogP) is 3.21. The van der Waals surface area contributed by atoms with E-state index in [0.29, 0.717) is 23.6 Å². The lowest BCUT2D eigenvalue weighted by molar-refractivity contribution is -0.126. The molecule has 9 heteroatoms. The van der Waals surface area contributed by atoms with Crippen molar-refractivity contribution in [1.29, 1.82) is 0 Å². The van der Waals surface area contributed by atoms with Crippen LogP contribution in [-0.4, -0.2) is 41.3 Å². The summed E-state index contributed by atoms with van der Waals surface area (Å²) in [5.41, 5.74) is 1.99. The molecule has 158 valence electrons. The quantitative estimate of drug-likeness (QED) is 0.633. The van der Waals surface area contributed by atoms with E-state index >= 15 is 0 Å². The lowest BCUT2D eigenvalue weighted by Gasteiger charge is -2.31. The zero-order chi connectivity index (χ0) is 21.1. The van der Waals surface area contributed by atoms with Gasteiger partial charge in [-0.15, -0.1) is 11.3 Å². The Morgan fingerprint density at radius 2 is 2.07 bits per heavy atom. The minimum absolute atomic E-state index is 0.104. The predicted molar refractivity (Wildman–Crippen MR) is 116 cm³/mol. The van der Waals surface area contributed by atoms with Crippen LogP contribution in [0.1, 0.15) is 31.4 Å². The highest BCUT2D eigenvalue weighted by Gasteiger charge is 2.34. The Labute approximate surface area is 180 Å². The van der Waals surface area contributed by atoms with Gasteiger partial charge in [-0.3, -0.25) is 4.79 Å². The topological polar surface area (TPSA) is 84.3 Å². The Morgan fingerprint density at radius 3 is 2.73 bits per heavy atom. The normalized spacial score (nSPS) is 18.8. The second-order valence-corrected chi connectivity index (χ2v) is 10.5. The van der Waals surface area contributed by atoms with Crippen LogP contribution >= 0.6 is 11.3 Å². The fourth-order valence-corrected chi connectivity index (χ4v) is 6.34. The molecule has 1 aliphatic heterocycles. The molecule has 2 atom stereocenters. The molecule has 1 N–H and O–H groups in total. The van der Waals surface area contributed by atoms with Gasteiger partial charge in [0.15, 0.2) is 0 Å². The van der Waals surface area contributed by atoms with Crippen LogP contribution in [0.25, 0.3) is 5.69 Å². The molecule has 0 radical (unpaired) electrons. The van der Waals surface area contributed by atoms with Gasteiger partial charge in [-0.2, -0.15) is 4.31 Å². The zero-order valence-electron chi connectivity index (χ0n) is 16.6. The number of sulfonamides is 1. The largest absolute Gasteiger partial charge is 0.349 e. The first-order valence-electron chi connectivity index (χ1n) is 9.87. The van der Waals surface area contributed by atoms with Crippen LogP contribution in [-0.2, 0) is 14.8 Å². The van der Waals surface area contributed by atoms with Crippen LogP contribution in [0.3, 0.4) is 0 Å².